The second-order valence-corrected chi connectivity index (χ2v) is 9.36. The predicted molar refractivity (Wildman–Crippen MR) is 119 cm³/mol. The Bertz CT molecular complexity index is 1120. The molecule has 32 heavy (non-hydrogen) atoms. The molecule has 0 unspecified atom stereocenters. The number of esters is 1. The molecule has 7 nitrogen and oxygen atoms in total. The van der Waals surface area contributed by atoms with Gasteiger partial charge in [0.25, 0.3) is 5.91 Å². The van der Waals surface area contributed by atoms with Crippen molar-refractivity contribution >= 4 is 33.7 Å². The minimum absolute atomic E-state index is 0.141. The smallest absolute Gasteiger partial charge is 0.331 e. The lowest BCUT2D eigenvalue weighted by Crippen LogP contribution is -2.36. The molecule has 170 valence electrons. The van der Waals surface area contributed by atoms with Gasteiger partial charge in [0.15, 0.2) is 6.61 Å². The zero-order valence-corrected chi connectivity index (χ0v) is 18.5. The molecule has 2 aromatic rings. The maximum Gasteiger partial charge on any atom is 0.331 e. The topological polar surface area (TPSA) is 92.8 Å². The lowest BCUT2D eigenvalue weighted by molar-refractivity contribution is -0.142. The van der Waals surface area contributed by atoms with E-state index in [1.165, 1.54) is 34.6 Å². The number of benzene rings is 2. The van der Waals surface area contributed by atoms with Gasteiger partial charge in [-0.3, -0.25) is 4.79 Å². The monoisotopic (exact) mass is 460 g/mol. The van der Waals surface area contributed by atoms with Gasteiger partial charge in [-0.1, -0.05) is 30.7 Å². The summed E-state index contributed by atoms with van der Waals surface area (Å²) in [6, 6.07) is 10.5. The number of amides is 1. The van der Waals surface area contributed by atoms with E-state index in [0.29, 0.717) is 18.7 Å². The van der Waals surface area contributed by atoms with Crippen LogP contribution in [0.5, 0.6) is 0 Å². The number of nitrogens with zero attached hydrogens (tertiary/aromatic N) is 1. The maximum absolute atomic E-state index is 13.5. The molecule has 1 heterocycles. The number of rotatable bonds is 7. The molecule has 0 aliphatic carbocycles. The third kappa shape index (κ3) is 6.02. The Morgan fingerprint density at radius 2 is 1.84 bits per heavy atom. The first kappa shape index (κ1) is 23.6. The van der Waals surface area contributed by atoms with Crippen LogP contribution in [0.2, 0.25) is 0 Å². The number of anilines is 1. The lowest BCUT2D eigenvalue weighted by Gasteiger charge is -2.26. The fraction of sp³-hybridized carbons (Fsp3) is 0.304. The van der Waals surface area contributed by atoms with Gasteiger partial charge in [-0.25, -0.2) is 17.6 Å². The van der Waals surface area contributed by atoms with E-state index >= 15 is 0 Å². The summed E-state index contributed by atoms with van der Waals surface area (Å²) in [6.07, 6.45) is 4.94. The van der Waals surface area contributed by atoms with E-state index in [2.05, 4.69) is 5.32 Å². The van der Waals surface area contributed by atoms with Crippen LogP contribution in [0.25, 0.3) is 6.08 Å². The van der Waals surface area contributed by atoms with Crippen molar-refractivity contribution in [1.29, 1.82) is 0 Å². The highest BCUT2D eigenvalue weighted by atomic mass is 32.2. The zero-order valence-electron chi connectivity index (χ0n) is 17.7. The molecule has 0 saturated carbocycles. The summed E-state index contributed by atoms with van der Waals surface area (Å²) < 4.78 is 45.8. The fourth-order valence-corrected chi connectivity index (χ4v) is 5.12. The molecule has 0 atom stereocenters. The molecule has 0 aromatic heterocycles. The molecule has 1 fully saturated rings. The number of hydrogen-bond donors (Lipinski definition) is 1. The minimum Gasteiger partial charge on any atom is -0.452 e. The summed E-state index contributed by atoms with van der Waals surface area (Å²) >= 11 is 0. The summed E-state index contributed by atoms with van der Waals surface area (Å²) in [7, 11) is -3.66. The van der Waals surface area contributed by atoms with Crippen LogP contribution in [-0.4, -0.2) is 44.3 Å². The van der Waals surface area contributed by atoms with Crippen molar-refractivity contribution < 1.29 is 27.1 Å². The van der Waals surface area contributed by atoms with Crippen molar-refractivity contribution in [3.63, 3.8) is 0 Å². The predicted octanol–water partition coefficient (Wildman–Crippen LogP) is 3.50. The van der Waals surface area contributed by atoms with Gasteiger partial charge < -0.3 is 10.1 Å². The third-order valence-electron chi connectivity index (χ3n) is 5.05. The summed E-state index contributed by atoms with van der Waals surface area (Å²) in [5, 5.41) is 2.54. The molecule has 1 aliphatic heterocycles. The van der Waals surface area contributed by atoms with Crippen LogP contribution in [0.3, 0.4) is 0 Å². The fourth-order valence-electron chi connectivity index (χ4n) is 3.35. The van der Waals surface area contributed by atoms with Crippen molar-refractivity contribution in [2.24, 2.45) is 0 Å². The molecule has 1 N–H and O–H groups in total. The molecule has 3 rings (SSSR count). The quantitative estimate of drug-likeness (QED) is 0.504. The molecule has 0 radical (unpaired) electrons. The van der Waals surface area contributed by atoms with Crippen molar-refractivity contribution in [1.82, 2.24) is 4.31 Å². The lowest BCUT2D eigenvalue weighted by atomic mass is 10.2. The number of carbonyl (C=O) groups is 2. The first-order valence-electron chi connectivity index (χ1n) is 10.3. The second kappa shape index (κ2) is 10.5. The van der Waals surface area contributed by atoms with Crippen LogP contribution in [0.15, 0.2) is 53.4 Å². The Labute approximate surface area is 186 Å². The van der Waals surface area contributed by atoms with E-state index in [-0.39, 0.29) is 16.1 Å². The van der Waals surface area contributed by atoms with Gasteiger partial charge in [0, 0.05) is 30.4 Å². The van der Waals surface area contributed by atoms with Crippen LogP contribution in [0.4, 0.5) is 10.1 Å². The first-order chi connectivity index (χ1) is 15.3. The van der Waals surface area contributed by atoms with Crippen molar-refractivity contribution in [2.75, 3.05) is 25.0 Å². The van der Waals surface area contributed by atoms with Crippen molar-refractivity contribution in [2.45, 2.75) is 31.1 Å². The summed E-state index contributed by atoms with van der Waals surface area (Å²) in [4.78, 5) is 24.1. The van der Waals surface area contributed by atoms with E-state index < -0.39 is 34.3 Å². The molecule has 1 saturated heterocycles. The molecule has 1 amide bonds. The molecule has 0 spiro atoms. The summed E-state index contributed by atoms with van der Waals surface area (Å²) in [5.74, 6) is -1.91. The number of carbonyl (C=O) groups excluding carboxylic acids is 2. The average Bonchev–Trinajstić information content (AvgIpc) is 2.79. The number of aryl methyl sites for hydroxylation is 1. The molecule has 0 bridgehead atoms. The Morgan fingerprint density at radius 3 is 2.56 bits per heavy atom. The Morgan fingerprint density at radius 1 is 1.12 bits per heavy atom. The van der Waals surface area contributed by atoms with E-state index in [1.807, 2.05) is 0 Å². The minimum atomic E-state index is -3.66. The van der Waals surface area contributed by atoms with Crippen molar-refractivity contribution in [3.8, 4) is 0 Å². The van der Waals surface area contributed by atoms with Crippen LogP contribution in [-0.2, 0) is 24.3 Å². The Kier molecular flexibility index (Phi) is 7.76. The molecular formula is C23H25FN2O5S. The molecule has 2 aromatic carbocycles. The number of halogens is 1. The standard InChI is InChI=1S/C23H25FN2O5S/c1-17-9-11-19(15-21(17)32(29,30)26-13-5-2-6-14-26)25-22(27)16-31-23(28)12-10-18-7-3-4-8-20(18)24/h3-4,7-12,15H,2,5-6,13-14,16H2,1H3,(H,25,27)/b12-10+. The Balaban J connectivity index is 1.60. The number of hydrogen-bond acceptors (Lipinski definition) is 5. The van der Waals surface area contributed by atoms with Crippen LogP contribution < -0.4 is 5.32 Å². The largest absolute Gasteiger partial charge is 0.452 e. The highest BCUT2D eigenvalue weighted by Crippen LogP contribution is 2.26. The summed E-state index contributed by atoms with van der Waals surface area (Å²) in [6.45, 7) is 2.10. The van der Waals surface area contributed by atoms with Gasteiger partial charge >= 0.3 is 5.97 Å². The van der Waals surface area contributed by atoms with E-state index in [0.717, 1.165) is 25.3 Å². The molecule has 9 heteroatoms. The second-order valence-electron chi connectivity index (χ2n) is 7.46. The van der Waals surface area contributed by atoms with Crippen LogP contribution in [0.1, 0.15) is 30.4 Å². The third-order valence-corrected chi connectivity index (χ3v) is 7.10. The van der Waals surface area contributed by atoms with E-state index in [1.54, 1.807) is 25.1 Å². The zero-order chi connectivity index (χ0) is 23.1. The van der Waals surface area contributed by atoms with Gasteiger partial charge in [-0.05, 0) is 49.6 Å². The molecule has 1 aliphatic rings. The Hall–Kier alpha value is -3.04. The van der Waals surface area contributed by atoms with Crippen LogP contribution in [0, 0.1) is 12.7 Å². The average molecular weight is 461 g/mol. The SMILES string of the molecule is Cc1ccc(NC(=O)COC(=O)/C=C/c2ccccc2F)cc1S(=O)(=O)N1CCCCC1. The first-order valence-corrected chi connectivity index (χ1v) is 11.7. The van der Waals surface area contributed by atoms with E-state index in [9.17, 15) is 22.4 Å². The van der Waals surface area contributed by atoms with Gasteiger partial charge in [-0.15, -0.1) is 0 Å². The van der Waals surface area contributed by atoms with Gasteiger partial charge in [0.05, 0.1) is 4.90 Å². The number of piperidine rings is 1. The van der Waals surface area contributed by atoms with Crippen molar-refractivity contribution in [3.05, 3.63) is 65.5 Å². The van der Waals surface area contributed by atoms with Gasteiger partial charge in [-0.2, -0.15) is 4.31 Å². The highest BCUT2D eigenvalue weighted by molar-refractivity contribution is 7.89. The summed E-state index contributed by atoms with van der Waals surface area (Å²) in [5.41, 5.74) is 1.09. The molecular weight excluding hydrogens is 435 g/mol. The van der Waals surface area contributed by atoms with Gasteiger partial charge in [0.2, 0.25) is 10.0 Å². The maximum atomic E-state index is 13.5. The normalized spacial score (nSPS) is 14.9. The number of nitrogens with one attached hydrogen (secondary N) is 1. The van der Waals surface area contributed by atoms with Gasteiger partial charge in [0.1, 0.15) is 5.82 Å². The number of ether oxygens (including phenoxy) is 1. The van der Waals surface area contributed by atoms with E-state index in [4.69, 9.17) is 4.74 Å². The number of sulfonamides is 1. The van der Waals surface area contributed by atoms with Crippen LogP contribution >= 0.6 is 0 Å². The highest BCUT2D eigenvalue weighted by Gasteiger charge is 2.27.